The molecule has 0 radical (unpaired) electrons. The molecule has 0 aromatic heterocycles. The van der Waals surface area contributed by atoms with Gasteiger partial charge in [-0.2, -0.15) is 0 Å². The fraction of sp³-hybridized carbons (Fsp3) is 0.733. The zero-order chi connectivity index (χ0) is 15.3. The highest BCUT2D eigenvalue weighted by Crippen LogP contribution is 2.10. The Labute approximate surface area is 122 Å². The van der Waals surface area contributed by atoms with E-state index in [1.54, 1.807) is 4.90 Å². The van der Waals surface area contributed by atoms with Crippen LogP contribution in [0.1, 0.15) is 20.8 Å². The summed E-state index contributed by atoms with van der Waals surface area (Å²) < 4.78 is 0. The molecule has 1 fully saturated rings. The van der Waals surface area contributed by atoms with E-state index in [0.29, 0.717) is 6.54 Å². The first-order valence-electron chi connectivity index (χ1n) is 7.15. The highest BCUT2D eigenvalue weighted by molar-refractivity contribution is 5.98. The van der Waals surface area contributed by atoms with Crippen molar-refractivity contribution in [1.29, 1.82) is 0 Å². The van der Waals surface area contributed by atoms with E-state index in [0.717, 1.165) is 31.9 Å². The SMILES string of the molecule is CN=C(C)/C(C)=C(/C)N(C)CCN1CCN(C)C(=O)C1. The number of carbonyl (C=O) groups is 1. The van der Waals surface area contributed by atoms with Crippen LogP contribution in [0.4, 0.5) is 0 Å². The Hall–Kier alpha value is -1.36. The molecular formula is C15H28N4O. The molecular weight excluding hydrogens is 252 g/mol. The first-order valence-corrected chi connectivity index (χ1v) is 7.15. The quantitative estimate of drug-likeness (QED) is 0.707. The molecule has 0 N–H and O–H groups in total. The second-order valence-electron chi connectivity index (χ2n) is 5.53. The average molecular weight is 280 g/mol. The summed E-state index contributed by atoms with van der Waals surface area (Å²) in [6.07, 6.45) is 0. The summed E-state index contributed by atoms with van der Waals surface area (Å²) >= 11 is 0. The van der Waals surface area contributed by atoms with Gasteiger partial charge in [-0.1, -0.05) is 0 Å². The molecule has 1 saturated heterocycles. The molecule has 114 valence electrons. The number of amides is 1. The molecule has 5 heteroatoms. The van der Waals surface area contributed by atoms with Gasteiger partial charge in [-0.05, 0) is 26.3 Å². The van der Waals surface area contributed by atoms with E-state index in [1.807, 2.05) is 21.0 Å². The van der Waals surface area contributed by atoms with Crippen LogP contribution >= 0.6 is 0 Å². The average Bonchev–Trinajstić information content (AvgIpc) is 2.45. The molecule has 1 aliphatic heterocycles. The lowest BCUT2D eigenvalue weighted by molar-refractivity contribution is -0.134. The monoisotopic (exact) mass is 280 g/mol. The Bertz CT molecular complexity index is 414. The van der Waals surface area contributed by atoms with Crippen LogP contribution in [0.2, 0.25) is 0 Å². The van der Waals surface area contributed by atoms with Crippen molar-refractivity contribution in [3.05, 3.63) is 11.3 Å². The lowest BCUT2D eigenvalue weighted by Gasteiger charge is -2.33. The van der Waals surface area contributed by atoms with E-state index in [1.165, 1.54) is 11.3 Å². The van der Waals surface area contributed by atoms with Crippen molar-refractivity contribution in [1.82, 2.24) is 14.7 Å². The molecule has 0 aromatic rings. The molecule has 5 nitrogen and oxygen atoms in total. The second kappa shape index (κ2) is 7.43. The third-order valence-electron chi connectivity index (χ3n) is 4.28. The number of hydrogen-bond acceptors (Lipinski definition) is 4. The molecule has 1 aliphatic rings. The van der Waals surface area contributed by atoms with Crippen molar-refractivity contribution >= 4 is 11.6 Å². The summed E-state index contributed by atoms with van der Waals surface area (Å²) in [5.74, 6) is 0.219. The minimum atomic E-state index is 0.219. The molecule has 0 aliphatic carbocycles. The Kier molecular flexibility index (Phi) is 6.20. The summed E-state index contributed by atoms with van der Waals surface area (Å²) in [6, 6.07) is 0. The first-order chi connectivity index (χ1) is 9.36. The summed E-state index contributed by atoms with van der Waals surface area (Å²) in [7, 11) is 5.79. The number of piperazine rings is 1. The first kappa shape index (κ1) is 16.7. The number of hydrogen-bond donors (Lipinski definition) is 0. The summed E-state index contributed by atoms with van der Waals surface area (Å²) in [5, 5.41) is 0. The van der Waals surface area contributed by atoms with Crippen LogP contribution in [0, 0.1) is 0 Å². The number of likely N-dealkylation sites (N-methyl/N-ethyl adjacent to an activating group) is 2. The van der Waals surface area contributed by atoms with Crippen LogP contribution in [-0.2, 0) is 4.79 Å². The minimum Gasteiger partial charge on any atom is -0.377 e. The van der Waals surface area contributed by atoms with E-state index in [2.05, 4.69) is 35.7 Å². The molecule has 1 heterocycles. The number of aliphatic imine (C=N–C) groups is 1. The lowest BCUT2D eigenvalue weighted by Crippen LogP contribution is -2.50. The molecule has 0 bridgehead atoms. The van der Waals surface area contributed by atoms with Gasteiger partial charge in [-0.15, -0.1) is 0 Å². The van der Waals surface area contributed by atoms with Crippen molar-refractivity contribution in [2.75, 3.05) is 53.9 Å². The smallest absolute Gasteiger partial charge is 0.236 e. The fourth-order valence-electron chi connectivity index (χ4n) is 2.17. The van der Waals surface area contributed by atoms with Gasteiger partial charge in [0.15, 0.2) is 0 Å². The third kappa shape index (κ3) is 4.34. The molecule has 0 aromatic carbocycles. The molecule has 1 amide bonds. The van der Waals surface area contributed by atoms with Crippen LogP contribution in [0.15, 0.2) is 16.3 Å². The van der Waals surface area contributed by atoms with Gasteiger partial charge in [0.2, 0.25) is 5.91 Å². The van der Waals surface area contributed by atoms with Gasteiger partial charge in [0.05, 0.1) is 6.54 Å². The second-order valence-corrected chi connectivity index (χ2v) is 5.53. The van der Waals surface area contributed by atoms with Crippen LogP contribution < -0.4 is 0 Å². The van der Waals surface area contributed by atoms with Crippen LogP contribution in [-0.4, -0.2) is 80.2 Å². The van der Waals surface area contributed by atoms with Crippen molar-refractivity contribution in [2.45, 2.75) is 20.8 Å². The number of nitrogens with zero attached hydrogens (tertiary/aromatic N) is 4. The van der Waals surface area contributed by atoms with Crippen molar-refractivity contribution in [3.8, 4) is 0 Å². The minimum absolute atomic E-state index is 0.219. The van der Waals surface area contributed by atoms with Crippen LogP contribution in [0.25, 0.3) is 0 Å². The molecule has 0 unspecified atom stereocenters. The fourth-order valence-corrected chi connectivity index (χ4v) is 2.17. The Morgan fingerprint density at radius 2 is 1.95 bits per heavy atom. The maximum absolute atomic E-state index is 11.7. The maximum Gasteiger partial charge on any atom is 0.236 e. The Morgan fingerprint density at radius 3 is 2.50 bits per heavy atom. The molecule has 0 saturated carbocycles. The van der Waals surface area contributed by atoms with Crippen molar-refractivity contribution < 1.29 is 4.79 Å². The molecule has 0 spiro atoms. The molecule has 1 rings (SSSR count). The van der Waals surface area contributed by atoms with Gasteiger partial charge < -0.3 is 9.80 Å². The Morgan fingerprint density at radius 1 is 1.30 bits per heavy atom. The Balaban J connectivity index is 2.51. The molecule has 20 heavy (non-hydrogen) atoms. The number of rotatable bonds is 5. The third-order valence-corrected chi connectivity index (χ3v) is 4.28. The molecule has 0 atom stereocenters. The van der Waals surface area contributed by atoms with Crippen molar-refractivity contribution in [3.63, 3.8) is 0 Å². The normalized spacial score (nSPS) is 19.2. The van der Waals surface area contributed by atoms with Crippen LogP contribution in [0.5, 0.6) is 0 Å². The summed E-state index contributed by atoms with van der Waals surface area (Å²) in [5.41, 5.74) is 3.54. The largest absolute Gasteiger partial charge is 0.377 e. The van der Waals surface area contributed by atoms with E-state index in [4.69, 9.17) is 0 Å². The highest BCUT2D eigenvalue weighted by atomic mass is 16.2. The van der Waals surface area contributed by atoms with E-state index in [-0.39, 0.29) is 5.91 Å². The van der Waals surface area contributed by atoms with E-state index < -0.39 is 0 Å². The van der Waals surface area contributed by atoms with Gasteiger partial charge >= 0.3 is 0 Å². The van der Waals surface area contributed by atoms with Crippen molar-refractivity contribution in [2.24, 2.45) is 4.99 Å². The number of allylic oxidation sites excluding steroid dienone is 2. The van der Waals surface area contributed by atoms with E-state index in [9.17, 15) is 4.79 Å². The predicted octanol–water partition coefficient (Wildman–Crippen LogP) is 1.08. The zero-order valence-corrected chi connectivity index (χ0v) is 13.7. The van der Waals surface area contributed by atoms with Crippen LogP contribution in [0.3, 0.4) is 0 Å². The topological polar surface area (TPSA) is 39.1 Å². The van der Waals surface area contributed by atoms with Gasteiger partial charge in [0, 0.05) is 58.7 Å². The standard InChI is InChI=1S/C15H28N4O/c1-12(13(2)16-4)14(3)17(5)7-9-19-10-8-18(6)15(20)11-19/h7-11H2,1-6H3/b14-12-,16-13?. The maximum atomic E-state index is 11.7. The highest BCUT2D eigenvalue weighted by Gasteiger charge is 2.20. The van der Waals surface area contributed by atoms with Gasteiger partial charge in [-0.25, -0.2) is 0 Å². The van der Waals surface area contributed by atoms with Gasteiger partial charge in [-0.3, -0.25) is 14.7 Å². The summed E-state index contributed by atoms with van der Waals surface area (Å²) in [6.45, 7) is 10.4. The zero-order valence-electron chi connectivity index (χ0n) is 13.7. The predicted molar refractivity (Wildman–Crippen MR) is 84.1 cm³/mol. The van der Waals surface area contributed by atoms with E-state index >= 15 is 0 Å². The van der Waals surface area contributed by atoms with Gasteiger partial charge in [0.25, 0.3) is 0 Å². The summed E-state index contributed by atoms with van der Waals surface area (Å²) in [4.78, 5) is 22.2. The number of carbonyl (C=O) groups excluding carboxylic acids is 1. The van der Waals surface area contributed by atoms with Gasteiger partial charge in [0.1, 0.15) is 0 Å². The lowest BCUT2D eigenvalue weighted by atomic mass is 10.1.